The quantitative estimate of drug-likeness (QED) is 0.693. The van der Waals surface area contributed by atoms with Crippen LogP contribution in [0.2, 0.25) is 0 Å². The van der Waals surface area contributed by atoms with Gasteiger partial charge in [-0.2, -0.15) is 0 Å². The van der Waals surface area contributed by atoms with E-state index in [-0.39, 0.29) is 6.61 Å². The molecule has 1 aliphatic heterocycles. The van der Waals surface area contributed by atoms with Crippen LogP contribution in [0, 0.1) is 0 Å². The van der Waals surface area contributed by atoms with Crippen LogP contribution >= 0.6 is 0 Å². The summed E-state index contributed by atoms with van der Waals surface area (Å²) in [6.07, 6.45) is 1.27. The largest absolute Gasteiger partial charge is 0.480 e. The van der Waals surface area contributed by atoms with Gasteiger partial charge in [-0.25, -0.2) is 0 Å². The standard InChI is InChI=1S/C11H19NO5/c1-3-4-8(10(13)14)12-5-6-17-7-9(12)11(15)16-2/h8-9H,3-7H2,1-2H3,(H,13,14). The van der Waals surface area contributed by atoms with Crippen molar-refractivity contribution in [1.82, 2.24) is 4.90 Å². The normalized spacial score (nSPS) is 23.1. The van der Waals surface area contributed by atoms with Crippen LogP contribution in [0.25, 0.3) is 0 Å². The van der Waals surface area contributed by atoms with Gasteiger partial charge in [-0.05, 0) is 6.42 Å². The maximum absolute atomic E-state index is 11.6. The number of carbonyl (C=O) groups is 2. The lowest BCUT2D eigenvalue weighted by atomic mass is 10.1. The highest BCUT2D eigenvalue weighted by atomic mass is 16.5. The van der Waals surface area contributed by atoms with E-state index in [4.69, 9.17) is 4.74 Å². The molecule has 0 spiro atoms. The zero-order valence-corrected chi connectivity index (χ0v) is 10.2. The Morgan fingerprint density at radius 1 is 1.59 bits per heavy atom. The van der Waals surface area contributed by atoms with Gasteiger partial charge in [-0.1, -0.05) is 13.3 Å². The van der Waals surface area contributed by atoms with Crippen LogP contribution < -0.4 is 0 Å². The molecule has 1 saturated heterocycles. The number of carbonyl (C=O) groups excluding carboxylic acids is 1. The molecule has 0 bridgehead atoms. The molecule has 1 heterocycles. The Balaban J connectivity index is 2.80. The van der Waals surface area contributed by atoms with Crippen LogP contribution in [-0.2, 0) is 19.1 Å². The predicted octanol–water partition coefficient (Wildman–Crippen LogP) is 0.114. The third-order valence-electron chi connectivity index (χ3n) is 2.89. The van der Waals surface area contributed by atoms with Gasteiger partial charge in [0.1, 0.15) is 12.1 Å². The molecule has 0 aromatic heterocycles. The molecule has 6 heteroatoms. The fourth-order valence-electron chi connectivity index (χ4n) is 2.03. The lowest BCUT2D eigenvalue weighted by Crippen LogP contribution is -2.56. The summed E-state index contributed by atoms with van der Waals surface area (Å²) in [6, 6.07) is -1.26. The van der Waals surface area contributed by atoms with Gasteiger partial charge in [0.15, 0.2) is 0 Å². The van der Waals surface area contributed by atoms with Crippen molar-refractivity contribution in [2.24, 2.45) is 0 Å². The molecule has 0 aromatic carbocycles. The molecule has 0 aliphatic carbocycles. The van der Waals surface area contributed by atoms with Gasteiger partial charge >= 0.3 is 11.9 Å². The van der Waals surface area contributed by atoms with E-state index in [0.717, 1.165) is 6.42 Å². The van der Waals surface area contributed by atoms with E-state index in [1.807, 2.05) is 6.92 Å². The first-order chi connectivity index (χ1) is 8.11. The first-order valence-corrected chi connectivity index (χ1v) is 5.76. The first kappa shape index (κ1) is 13.9. The molecule has 17 heavy (non-hydrogen) atoms. The number of hydrogen-bond donors (Lipinski definition) is 1. The molecule has 1 fully saturated rings. The van der Waals surface area contributed by atoms with E-state index in [1.165, 1.54) is 7.11 Å². The lowest BCUT2D eigenvalue weighted by Gasteiger charge is -2.37. The van der Waals surface area contributed by atoms with Crippen LogP contribution in [0.4, 0.5) is 0 Å². The SMILES string of the molecule is CCCC(C(=O)O)N1CCOCC1C(=O)OC. The van der Waals surface area contributed by atoms with Crippen LogP contribution in [0.1, 0.15) is 19.8 Å². The molecule has 0 radical (unpaired) electrons. The van der Waals surface area contributed by atoms with Crippen LogP contribution in [0.5, 0.6) is 0 Å². The van der Waals surface area contributed by atoms with Gasteiger partial charge in [0, 0.05) is 6.54 Å². The predicted molar refractivity (Wildman–Crippen MR) is 59.7 cm³/mol. The number of morpholine rings is 1. The molecule has 98 valence electrons. The van der Waals surface area contributed by atoms with Crippen molar-refractivity contribution in [1.29, 1.82) is 0 Å². The van der Waals surface area contributed by atoms with Crippen LogP contribution in [0.15, 0.2) is 0 Å². The van der Waals surface area contributed by atoms with Crippen molar-refractivity contribution in [2.45, 2.75) is 31.8 Å². The third kappa shape index (κ3) is 3.41. The average molecular weight is 245 g/mol. The van der Waals surface area contributed by atoms with E-state index in [0.29, 0.717) is 19.6 Å². The number of ether oxygens (including phenoxy) is 2. The Morgan fingerprint density at radius 2 is 2.29 bits per heavy atom. The fraction of sp³-hybridized carbons (Fsp3) is 0.818. The Kier molecular flexibility index (Phi) is 5.37. The molecule has 2 unspecified atom stereocenters. The summed E-state index contributed by atoms with van der Waals surface area (Å²) in [5, 5.41) is 9.19. The van der Waals surface area contributed by atoms with Crippen LogP contribution in [-0.4, -0.2) is 60.9 Å². The average Bonchev–Trinajstić information content (AvgIpc) is 2.34. The van der Waals surface area contributed by atoms with E-state index < -0.39 is 24.0 Å². The summed E-state index contributed by atoms with van der Waals surface area (Å²) >= 11 is 0. The van der Waals surface area contributed by atoms with Gasteiger partial charge in [0.2, 0.25) is 0 Å². The minimum Gasteiger partial charge on any atom is -0.480 e. The number of hydrogen-bond acceptors (Lipinski definition) is 5. The first-order valence-electron chi connectivity index (χ1n) is 5.76. The van der Waals surface area contributed by atoms with Gasteiger partial charge in [-0.15, -0.1) is 0 Å². The Labute approximate surface area is 100 Å². The van der Waals surface area contributed by atoms with E-state index in [2.05, 4.69) is 4.74 Å². The summed E-state index contributed by atoms with van der Waals surface area (Å²) < 4.78 is 9.88. The number of aliphatic carboxylic acids is 1. The lowest BCUT2D eigenvalue weighted by molar-refractivity contribution is -0.160. The number of methoxy groups -OCH3 is 1. The summed E-state index contributed by atoms with van der Waals surface area (Å²) in [6.45, 7) is 3.00. The molecule has 1 N–H and O–H groups in total. The molecule has 0 aromatic rings. The highest BCUT2D eigenvalue weighted by Gasteiger charge is 2.37. The monoisotopic (exact) mass is 245 g/mol. The highest BCUT2D eigenvalue weighted by molar-refractivity contribution is 5.79. The molecule has 0 saturated carbocycles. The molecule has 6 nitrogen and oxygen atoms in total. The molecule has 0 amide bonds. The van der Waals surface area contributed by atoms with Crippen LogP contribution in [0.3, 0.4) is 0 Å². The number of esters is 1. The van der Waals surface area contributed by atoms with Crippen molar-refractivity contribution in [3.05, 3.63) is 0 Å². The Bertz CT molecular complexity index is 277. The van der Waals surface area contributed by atoms with E-state index in [1.54, 1.807) is 4.90 Å². The van der Waals surface area contributed by atoms with Crippen molar-refractivity contribution in [3.63, 3.8) is 0 Å². The van der Waals surface area contributed by atoms with Crippen molar-refractivity contribution < 1.29 is 24.2 Å². The molecule has 1 aliphatic rings. The molecular formula is C11H19NO5. The third-order valence-corrected chi connectivity index (χ3v) is 2.89. The second kappa shape index (κ2) is 6.56. The number of carboxylic acids is 1. The fourth-order valence-corrected chi connectivity index (χ4v) is 2.03. The van der Waals surface area contributed by atoms with Crippen molar-refractivity contribution in [2.75, 3.05) is 26.9 Å². The van der Waals surface area contributed by atoms with Gasteiger partial charge in [0.25, 0.3) is 0 Å². The van der Waals surface area contributed by atoms with Crippen molar-refractivity contribution >= 4 is 11.9 Å². The Hall–Kier alpha value is -1.14. The molecule has 2 atom stereocenters. The van der Waals surface area contributed by atoms with Gasteiger partial charge in [0.05, 0.1) is 20.3 Å². The summed E-state index contributed by atoms with van der Waals surface area (Å²) in [4.78, 5) is 24.5. The maximum Gasteiger partial charge on any atom is 0.325 e. The zero-order valence-electron chi connectivity index (χ0n) is 10.2. The minimum atomic E-state index is -0.900. The Morgan fingerprint density at radius 3 is 2.82 bits per heavy atom. The topological polar surface area (TPSA) is 76.1 Å². The smallest absolute Gasteiger partial charge is 0.325 e. The van der Waals surface area contributed by atoms with Gasteiger partial charge in [-0.3, -0.25) is 14.5 Å². The summed E-state index contributed by atoms with van der Waals surface area (Å²) in [5.74, 6) is -1.34. The molecule has 1 rings (SSSR count). The van der Waals surface area contributed by atoms with Gasteiger partial charge < -0.3 is 14.6 Å². The second-order valence-corrected chi connectivity index (χ2v) is 3.99. The number of carboxylic acid groups (broad SMARTS) is 1. The summed E-state index contributed by atoms with van der Waals surface area (Å²) in [5.41, 5.74) is 0. The number of rotatable bonds is 5. The van der Waals surface area contributed by atoms with Crippen molar-refractivity contribution in [3.8, 4) is 0 Å². The summed E-state index contributed by atoms with van der Waals surface area (Å²) in [7, 11) is 1.30. The highest BCUT2D eigenvalue weighted by Crippen LogP contribution is 2.16. The van der Waals surface area contributed by atoms with E-state index in [9.17, 15) is 14.7 Å². The number of nitrogens with zero attached hydrogens (tertiary/aromatic N) is 1. The molecular weight excluding hydrogens is 226 g/mol. The minimum absolute atomic E-state index is 0.195. The zero-order chi connectivity index (χ0) is 12.8. The maximum atomic E-state index is 11.6. The van der Waals surface area contributed by atoms with E-state index >= 15 is 0 Å². The second-order valence-electron chi connectivity index (χ2n) is 3.99.